The van der Waals surface area contributed by atoms with Gasteiger partial charge in [0.1, 0.15) is 6.04 Å². The molecule has 0 aliphatic heterocycles. The van der Waals surface area contributed by atoms with E-state index in [0.29, 0.717) is 0 Å². The van der Waals surface area contributed by atoms with Crippen molar-refractivity contribution < 1.29 is 18.7 Å². The zero-order valence-electron chi connectivity index (χ0n) is 5.67. The van der Waals surface area contributed by atoms with Crippen molar-refractivity contribution >= 4 is 17.7 Å². The Bertz CT molecular complexity index is 134. The van der Waals surface area contributed by atoms with E-state index < -0.39 is 18.4 Å². The fourth-order valence-corrected chi connectivity index (χ4v) is 1.07. The smallest absolute Gasteiger partial charge is 0.321 e. The maximum absolute atomic E-state index is 11.5. The van der Waals surface area contributed by atoms with E-state index in [2.05, 4.69) is 0 Å². The summed E-state index contributed by atoms with van der Waals surface area (Å²) in [7, 11) is 0. The summed E-state index contributed by atoms with van der Waals surface area (Å²) in [6.45, 7) is 0. The Morgan fingerprint density at radius 1 is 1.55 bits per heavy atom. The molecule has 0 amide bonds. The predicted molar refractivity (Wildman–Crippen MR) is 38.9 cm³/mol. The van der Waals surface area contributed by atoms with Crippen LogP contribution in [0.5, 0.6) is 0 Å². The number of halogens is 2. The van der Waals surface area contributed by atoms with Crippen LogP contribution in [0.1, 0.15) is 0 Å². The standard InChI is InChI=1S/C5H9F2NO2S/c6-4(7)2-11-1-3(8)5(9)10/h3-4H,1-2,8H2,(H,9,10). The van der Waals surface area contributed by atoms with E-state index in [1.54, 1.807) is 0 Å². The molecule has 1 unspecified atom stereocenters. The third-order valence-electron chi connectivity index (χ3n) is 0.858. The third-order valence-corrected chi connectivity index (χ3v) is 1.94. The summed E-state index contributed by atoms with van der Waals surface area (Å²) in [6, 6.07) is -1.04. The van der Waals surface area contributed by atoms with E-state index in [0.717, 1.165) is 11.8 Å². The zero-order valence-corrected chi connectivity index (χ0v) is 6.48. The molecule has 0 heterocycles. The van der Waals surface area contributed by atoms with Crippen LogP contribution >= 0.6 is 11.8 Å². The van der Waals surface area contributed by atoms with Gasteiger partial charge in [-0.1, -0.05) is 0 Å². The van der Waals surface area contributed by atoms with Gasteiger partial charge in [0.2, 0.25) is 6.43 Å². The molecule has 0 saturated carbocycles. The molecule has 0 aliphatic carbocycles. The fraction of sp³-hybridized carbons (Fsp3) is 0.800. The Hall–Kier alpha value is -0.360. The SMILES string of the molecule is NC(CSCC(F)F)C(=O)O. The second kappa shape index (κ2) is 5.31. The lowest BCUT2D eigenvalue weighted by Gasteiger charge is -2.04. The van der Waals surface area contributed by atoms with Gasteiger partial charge in [-0.25, -0.2) is 8.78 Å². The minimum Gasteiger partial charge on any atom is -0.480 e. The number of alkyl halides is 2. The highest BCUT2D eigenvalue weighted by molar-refractivity contribution is 7.99. The van der Waals surface area contributed by atoms with Crippen molar-refractivity contribution in [3.63, 3.8) is 0 Å². The number of aliphatic carboxylic acids is 1. The molecule has 11 heavy (non-hydrogen) atoms. The summed E-state index contributed by atoms with van der Waals surface area (Å²) in [5.74, 6) is -1.49. The van der Waals surface area contributed by atoms with Crippen molar-refractivity contribution in [2.75, 3.05) is 11.5 Å². The van der Waals surface area contributed by atoms with Gasteiger partial charge in [-0.15, -0.1) is 0 Å². The number of hydrogen-bond acceptors (Lipinski definition) is 3. The molecule has 0 saturated heterocycles. The highest BCUT2D eigenvalue weighted by Crippen LogP contribution is 2.07. The van der Waals surface area contributed by atoms with E-state index in [-0.39, 0.29) is 11.5 Å². The molecule has 0 spiro atoms. The first-order valence-electron chi connectivity index (χ1n) is 2.88. The number of hydrogen-bond donors (Lipinski definition) is 2. The lowest BCUT2D eigenvalue weighted by atomic mass is 10.4. The van der Waals surface area contributed by atoms with Crippen LogP contribution in [0.25, 0.3) is 0 Å². The molecule has 0 fully saturated rings. The molecule has 0 aromatic heterocycles. The average molecular weight is 185 g/mol. The van der Waals surface area contributed by atoms with Gasteiger partial charge in [0.15, 0.2) is 0 Å². The second-order valence-electron chi connectivity index (χ2n) is 1.87. The van der Waals surface area contributed by atoms with Gasteiger partial charge in [0, 0.05) is 5.75 Å². The Kier molecular flexibility index (Phi) is 5.14. The number of carbonyl (C=O) groups is 1. The largest absolute Gasteiger partial charge is 0.480 e. The maximum Gasteiger partial charge on any atom is 0.321 e. The second-order valence-corrected chi connectivity index (χ2v) is 2.95. The summed E-state index contributed by atoms with van der Waals surface area (Å²) < 4.78 is 23.0. The van der Waals surface area contributed by atoms with Gasteiger partial charge >= 0.3 is 5.97 Å². The van der Waals surface area contributed by atoms with E-state index >= 15 is 0 Å². The molecule has 0 bridgehead atoms. The van der Waals surface area contributed by atoms with Crippen LogP contribution in [-0.4, -0.2) is 35.0 Å². The van der Waals surface area contributed by atoms with Gasteiger partial charge in [0.05, 0.1) is 5.75 Å². The Morgan fingerprint density at radius 2 is 2.09 bits per heavy atom. The number of rotatable bonds is 5. The lowest BCUT2D eigenvalue weighted by Crippen LogP contribution is -2.32. The summed E-state index contributed by atoms with van der Waals surface area (Å²) in [6.07, 6.45) is -2.40. The summed E-state index contributed by atoms with van der Waals surface area (Å²) >= 11 is 0.842. The Balaban J connectivity index is 3.31. The van der Waals surface area contributed by atoms with Crippen molar-refractivity contribution in [2.45, 2.75) is 12.5 Å². The van der Waals surface area contributed by atoms with E-state index in [4.69, 9.17) is 10.8 Å². The van der Waals surface area contributed by atoms with E-state index in [9.17, 15) is 13.6 Å². The van der Waals surface area contributed by atoms with Gasteiger partial charge in [-0.2, -0.15) is 11.8 Å². The first kappa shape index (κ1) is 10.6. The van der Waals surface area contributed by atoms with Crippen LogP contribution < -0.4 is 5.73 Å². The highest BCUT2D eigenvalue weighted by atomic mass is 32.2. The molecule has 0 aromatic rings. The molecule has 66 valence electrons. The molecule has 0 aromatic carbocycles. The lowest BCUT2D eigenvalue weighted by molar-refractivity contribution is -0.137. The Labute approximate surface area is 66.9 Å². The third kappa shape index (κ3) is 6.05. The van der Waals surface area contributed by atoms with Crippen molar-refractivity contribution in [1.82, 2.24) is 0 Å². The van der Waals surface area contributed by atoms with Crippen molar-refractivity contribution in [3.05, 3.63) is 0 Å². The first-order valence-corrected chi connectivity index (χ1v) is 4.03. The maximum atomic E-state index is 11.5. The van der Waals surface area contributed by atoms with E-state index in [1.165, 1.54) is 0 Å². The number of nitrogens with two attached hydrogens (primary N) is 1. The molecule has 0 radical (unpaired) electrons. The number of carboxylic acids is 1. The number of thioether (sulfide) groups is 1. The minimum absolute atomic E-state index is 0.0275. The molecule has 1 atom stereocenters. The van der Waals surface area contributed by atoms with Crippen LogP contribution in [-0.2, 0) is 4.79 Å². The summed E-state index contributed by atoms with van der Waals surface area (Å²) in [5, 5.41) is 8.22. The van der Waals surface area contributed by atoms with Gasteiger partial charge in [0.25, 0.3) is 0 Å². The van der Waals surface area contributed by atoms with Crippen molar-refractivity contribution in [1.29, 1.82) is 0 Å². The van der Waals surface area contributed by atoms with Crippen LogP contribution in [0.3, 0.4) is 0 Å². The fourth-order valence-electron chi connectivity index (χ4n) is 0.355. The number of carboxylic acid groups (broad SMARTS) is 1. The van der Waals surface area contributed by atoms with Crippen molar-refractivity contribution in [2.24, 2.45) is 5.73 Å². The van der Waals surface area contributed by atoms with Crippen LogP contribution in [0, 0.1) is 0 Å². The highest BCUT2D eigenvalue weighted by Gasteiger charge is 2.12. The monoisotopic (exact) mass is 185 g/mol. The quantitative estimate of drug-likeness (QED) is 0.650. The van der Waals surface area contributed by atoms with Gasteiger partial charge < -0.3 is 10.8 Å². The minimum atomic E-state index is -2.40. The molecule has 3 N–H and O–H groups in total. The summed E-state index contributed by atoms with van der Waals surface area (Å²) in [4.78, 5) is 10.0. The first-order chi connectivity index (χ1) is 5.04. The molecule has 6 heteroatoms. The van der Waals surface area contributed by atoms with Crippen LogP contribution in [0.15, 0.2) is 0 Å². The molecular formula is C5H9F2NO2S. The normalized spacial score (nSPS) is 13.5. The molecule has 0 rings (SSSR count). The molecular weight excluding hydrogens is 176 g/mol. The Morgan fingerprint density at radius 3 is 2.45 bits per heavy atom. The van der Waals surface area contributed by atoms with Crippen LogP contribution in [0.4, 0.5) is 8.78 Å². The molecule has 0 aliphatic rings. The average Bonchev–Trinajstić information content (AvgIpc) is 1.86. The van der Waals surface area contributed by atoms with Crippen LogP contribution in [0.2, 0.25) is 0 Å². The zero-order chi connectivity index (χ0) is 8.85. The molecule has 3 nitrogen and oxygen atoms in total. The van der Waals surface area contributed by atoms with Gasteiger partial charge in [-0.05, 0) is 0 Å². The van der Waals surface area contributed by atoms with E-state index in [1.807, 2.05) is 0 Å². The van der Waals surface area contributed by atoms with Crippen molar-refractivity contribution in [3.8, 4) is 0 Å². The summed E-state index contributed by atoms with van der Waals surface area (Å²) in [5.41, 5.74) is 5.04. The topological polar surface area (TPSA) is 63.3 Å². The van der Waals surface area contributed by atoms with Gasteiger partial charge in [-0.3, -0.25) is 4.79 Å². The predicted octanol–water partition coefficient (Wildman–Crippen LogP) is 0.397.